The first kappa shape index (κ1) is 10.6. The largest absolute Gasteiger partial charge is 0.392 e. The normalized spacial score (nSPS) is 25.7. The highest BCUT2D eigenvalue weighted by molar-refractivity contribution is 5.21. The number of pyridine rings is 1. The summed E-state index contributed by atoms with van der Waals surface area (Å²) in [6, 6.07) is 2.31. The molecule has 3 nitrogen and oxygen atoms in total. The topological polar surface area (TPSA) is 45.2 Å². The van der Waals surface area contributed by atoms with E-state index in [-0.39, 0.29) is 12.1 Å². The first-order chi connectivity index (χ1) is 7.27. The molecule has 82 valence electrons. The minimum absolute atomic E-state index is 0.160. The molecule has 1 saturated carbocycles. The molecule has 0 saturated heterocycles. The molecule has 15 heavy (non-hydrogen) atoms. The maximum Gasteiger partial charge on any atom is 0.0693 e. The molecule has 0 spiro atoms. The molecule has 0 bridgehead atoms. The van der Waals surface area contributed by atoms with Gasteiger partial charge >= 0.3 is 0 Å². The van der Waals surface area contributed by atoms with Crippen LogP contribution in [0, 0.1) is 6.92 Å². The first-order valence-electron chi connectivity index (χ1n) is 5.58. The Morgan fingerprint density at radius 1 is 1.53 bits per heavy atom. The zero-order valence-electron chi connectivity index (χ0n) is 9.11. The van der Waals surface area contributed by atoms with Crippen molar-refractivity contribution in [3.63, 3.8) is 0 Å². The van der Waals surface area contributed by atoms with Crippen molar-refractivity contribution in [1.82, 2.24) is 10.3 Å². The number of hydrogen-bond acceptors (Lipinski definition) is 3. The molecule has 3 heteroatoms. The maximum absolute atomic E-state index is 9.66. The van der Waals surface area contributed by atoms with E-state index in [1.54, 1.807) is 0 Å². The molecule has 1 fully saturated rings. The number of aryl methyl sites for hydroxylation is 1. The summed E-state index contributed by atoms with van der Waals surface area (Å²) in [4.78, 5) is 4.06. The minimum Gasteiger partial charge on any atom is -0.392 e. The minimum atomic E-state index is -0.160. The van der Waals surface area contributed by atoms with Crippen LogP contribution in [0.5, 0.6) is 0 Å². The van der Waals surface area contributed by atoms with Crippen molar-refractivity contribution in [2.75, 3.05) is 0 Å². The molecule has 1 heterocycles. The highest BCUT2D eigenvalue weighted by Crippen LogP contribution is 2.19. The summed E-state index contributed by atoms with van der Waals surface area (Å²) >= 11 is 0. The Balaban J connectivity index is 1.90. The van der Waals surface area contributed by atoms with Gasteiger partial charge in [0.15, 0.2) is 0 Å². The standard InChI is InChI=1S/C12H18N2O/c1-9-7-13-6-5-10(9)8-14-11-3-2-4-12(11)15/h5-7,11-12,14-15H,2-4,8H2,1H3/t11-,12-/m0/s1. The maximum atomic E-state index is 9.66. The van der Waals surface area contributed by atoms with E-state index in [2.05, 4.69) is 17.2 Å². The predicted octanol–water partition coefficient (Wildman–Crippen LogP) is 1.39. The zero-order valence-corrected chi connectivity index (χ0v) is 9.11. The highest BCUT2D eigenvalue weighted by atomic mass is 16.3. The molecule has 0 radical (unpaired) electrons. The quantitative estimate of drug-likeness (QED) is 0.785. The van der Waals surface area contributed by atoms with Crippen molar-refractivity contribution in [1.29, 1.82) is 0 Å². The molecular weight excluding hydrogens is 188 g/mol. The second-order valence-electron chi connectivity index (χ2n) is 4.29. The average Bonchev–Trinajstić information content (AvgIpc) is 2.63. The van der Waals surface area contributed by atoms with Crippen LogP contribution in [0.1, 0.15) is 30.4 Å². The zero-order chi connectivity index (χ0) is 10.7. The van der Waals surface area contributed by atoms with Gasteiger partial charge in [0.25, 0.3) is 0 Å². The van der Waals surface area contributed by atoms with Crippen LogP contribution in [0.15, 0.2) is 18.5 Å². The second kappa shape index (κ2) is 4.73. The summed E-state index contributed by atoms with van der Waals surface area (Å²) in [5, 5.41) is 13.1. The van der Waals surface area contributed by atoms with Gasteiger partial charge in [0.05, 0.1) is 6.10 Å². The smallest absolute Gasteiger partial charge is 0.0693 e. The third kappa shape index (κ3) is 2.55. The predicted molar refractivity (Wildman–Crippen MR) is 59.5 cm³/mol. The van der Waals surface area contributed by atoms with Crippen LogP contribution in [0.3, 0.4) is 0 Å². The van der Waals surface area contributed by atoms with Crippen molar-refractivity contribution in [2.24, 2.45) is 0 Å². The lowest BCUT2D eigenvalue weighted by atomic mass is 10.1. The van der Waals surface area contributed by atoms with E-state index in [0.717, 1.165) is 25.8 Å². The van der Waals surface area contributed by atoms with Crippen molar-refractivity contribution in [2.45, 2.75) is 44.9 Å². The van der Waals surface area contributed by atoms with Crippen LogP contribution < -0.4 is 5.32 Å². The first-order valence-corrected chi connectivity index (χ1v) is 5.58. The average molecular weight is 206 g/mol. The third-order valence-electron chi connectivity index (χ3n) is 3.17. The highest BCUT2D eigenvalue weighted by Gasteiger charge is 2.24. The molecule has 2 N–H and O–H groups in total. The van der Waals surface area contributed by atoms with Gasteiger partial charge in [-0.2, -0.15) is 0 Å². The fourth-order valence-corrected chi connectivity index (χ4v) is 2.12. The molecule has 2 rings (SSSR count). The van der Waals surface area contributed by atoms with Gasteiger partial charge in [-0.3, -0.25) is 4.98 Å². The van der Waals surface area contributed by atoms with Crippen LogP contribution in [0.25, 0.3) is 0 Å². The lowest BCUT2D eigenvalue weighted by Crippen LogP contribution is -2.35. The number of aliphatic hydroxyl groups is 1. The summed E-state index contributed by atoms with van der Waals surface area (Å²) in [5.74, 6) is 0. The summed E-state index contributed by atoms with van der Waals surface area (Å²) in [6.45, 7) is 2.89. The van der Waals surface area contributed by atoms with Crippen molar-refractivity contribution >= 4 is 0 Å². The molecule has 1 aliphatic rings. The van der Waals surface area contributed by atoms with Crippen molar-refractivity contribution < 1.29 is 5.11 Å². The summed E-state index contributed by atoms with van der Waals surface area (Å²) in [6.07, 6.45) is 6.69. The number of aliphatic hydroxyl groups excluding tert-OH is 1. The van der Waals surface area contributed by atoms with E-state index in [0.29, 0.717) is 0 Å². The Labute approximate surface area is 90.5 Å². The Hall–Kier alpha value is -0.930. The van der Waals surface area contributed by atoms with Gasteiger partial charge in [0, 0.05) is 25.0 Å². The molecule has 2 atom stereocenters. The monoisotopic (exact) mass is 206 g/mol. The molecule has 1 aromatic heterocycles. The molecule has 0 amide bonds. The Bertz CT molecular complexity index is 327. The lowest BCUT2D eigenvalue weighted by molar-refractivity contribution is 0.148. The Morgan fingerprint density at radius 2 is 2.40 bits per heavy atom. The lowest BCUT2D eigenvalue weighted by Gasteiger charge is -2.17. The van der Waals surface area contributed by atoms with Crippen LogP contribution in [-0.2, 0) is 6.54 Å². The molecule has 1 aromatic rings. The van der Waals surface area contributed by atoms with E-state index in [1.807, 2.05) is 18.5 Å². The van der Waals surface area contributed by atoms with Crippen LogP contribution in [0.2, 0.25) is 0 Å². The van der Waals surface area contributed by atoms with Gasteiger partial charge in [-0.1, -0.05) is 0 Å². The summed E-state index contributed by atoms with van der Waals surface area (Å²) in [7, 11) is 0. The number of nitrogens with zero attached hydrogens (tertiary/aromatic N) is 1. The molecular formula is C12H18N2O. The fraction of sp³-hybridized carbons (Fsp3) is 0.583. The number of rotatable bonds is 3. The van der Waals surface area contributed by atoms with E-state index in [1.165, 1.54) is 11.1 Å². The van der Waals surface area contributed by atoms with Gasteiger partial charge in [-0.25, -0.2) is 0 Å². The third-order valence-corrected chi connectivity index (χ3v) is 3.17. The summed E-state index contributed by atoms with van der Waals surface area (Å²) < 4.78 is 0. The summed E-state index contributed by atoms with van der Waals surface area (Å²) in [5.41, 5.74) is 2.47. The van der Waals surface area contributed by atoms with Crippen LogP contribution in [-0.4, -0.2) is 22.2 Å². The van der Waals surface area contributed by atoms with Crippen LogP contribution >= 0.6 is 0 Å². The van der Waals surface area contributed by atoms with Crippen molar-refractivity contribution in [3.8, 4) is 0 Å². The Morgan fingerprint density at radius 3 is 3.07 bits per heavy atom. The second-order valence-corrected chi connectivity index (χ2v) is 4.29. The fourth-order valence-electron chi connectivity index (χ4n) is 2.12. The van der Waals surface area contributed by atoms with Gasteiger partial charge < -0.3 is 10.4 Å². The Kier molecular flexibility index (Phi) is 3.34. The SMILES string of the molecule is Cc1cnccc1CN[C@H]1CCC[C@@H]1O. The number of nitrogens with one attached hydrogen (secondary N) is 1. The molecule has 1 aliphatic carbocycles. The number of hydrogen-bond donors (Lipinski definition) is 2. The van der Waals surface area contributed by atoms with Crippen LogP contribution in [0.4, 0.5) is 0 Å². The van der Waals surface area contributed by atoms with Gasteiger partial charge in [-0.15, -0.1) is 0 Å². The molecule has 0 aliphatic heterocycles. The van der Waals surface area contributed by atoms with E-state index < -0.39 is 0 Å². The van der Waals surface area contributed by atoms with Gasteiger partial charge in [-0.05, 0) is 43.4 Å². The van der Waals surface area contributed by atoms with E-state index in [4.69, 9.17) is 0 Å². The van der Waals surface area contributed by atoms with E-state index >= 15 is 0 Å². The molecule has 0 unspecified atom stereocenters. The molecule has 0 aromatic carbocycles. The number of aromatic nitrogens is 1. The van der Waals surface area contributed by atoms with Gasteiger partial charge in [0.2, 0.25) is 0 Å². The van der Waals surface area contributed by atoms with E-state index in [9.17, 15) is 5.11 Å². The van der Waals surface area contributed by atoms with Gasteiger partial charge in [0.1, 0.15) is 0 Å². The van der Waals surface area contributed by atoms with Crippen molar-refractivity contribution in [3.05, 3.63) is 29.6 Å².